The van der Waals surface area contributed by atoms with E-state index in [4.69, 9.17) is 27.9 Å². The van der Waals surface area contributed by atoms with E-state index in [2.05, 4.69) is 15.6 Å². The summed E-state index contributed by atoms with van der Waals surface area (Å²) in [6, 6.07) is 15.6. The Kier molecular flexibility index (Phi) is 5.61. The molecular formula is C19H15Cl2N3O2. The van der Waals surface area contributed by atoms with Gasteiger partial charge in [0.2, 0.25) is 0 Å². The van der Waals surface area contributed by atoms with Crippen LogP contribution in [-0.2, 0) is 0 Å². The van der Waals surface area contributed by atoms with Crippen molar-refractivity contribution in [1.82, 2.24) is 4.98 Å². The van der Waals surface area contributed by atoms with E-state index >= 15 is 0 Å². The van der Waals surface area contributed by atoms with Crippen LogP contribution in [0.1, 0.15) is 10.4 Å². The highest BCUT2D eigenvalue weighted by Gasteiger charge is 2.11. The normalized spacial score (nSPS) is 10.3. The number of ether oxygens (including phenoxy) is 1. The summed E-state index contributed by atoms with van der Waals surface area (Å²) in [6.07, 6.45) is 1.55. The lowest BCUT2D eigenvalue weighted by Crippen LogP contribution is -2.12. The zero-order valence-electron chi connectivity index (χ0n) is 13.8. The SMILES string of the molecule is COc1ccccc1Nc1cc(C(=O)Nc2cc(Cl)ccc2Cl)ccn1. The lowest BCUT2D eigenvalue weighted by Gasteiger charge is -2.11. The Bertz CT molecular complexity index is 948. The van der Waals surface area contributed by atoms with Crippen LogP contribution in [0.2, 0.25) is 10.0 Å². The second-order valence-corrected chi connectivity index (χ2v) is 6.18. The van der Waals surface area contributed by atoms with Gasteiger partial charge in [-0.05, 0) is 42.5 Å². The van der Waals surface area contributed by atoms with Crippen LogP contribution < -0.4 is 15.4 Å². The Hall–Kier alpha value is -2.76. The summed E-state index contributed by atoms with van der Waals surface area (Å²) in [6.45, 7) is 0. The molecule has 3 aromatic rings. The van der Waals surface area contributed by atoms with Crippen molar-refractivity contribution in [2.24, 2.45) is 0 Å². The van der Waals surface area contributed by atoms with Gasteiger partial charge in [0, 0.05) is 16.8 Å². The lowest BCUT2D eigenvalue weighted by atomic mass is 10.2. The number of benzene rings is 2. The fraction of sp³-hybridized carbons (Fsp3) is 0.0526. The molecular weight excluding hydrogens is 373 g/mol. The van der Waals surface area contributed by atoms with Crippen molar-refractivity contribution in [2.45, 2.75) is 0 Å². The van der Waals surface area contributed by atoms with Crippen molar-refractivity contribution in [3.63, 3.8) is 0 Å². The molecule has 0 saturated heterocycles. The number of para-hydroxylation sites is 2. The smallest absolute Gasteiger partial charge is 0.255 e. The number of rotatable bonds is 5. The third-order valence-electron chi connectivity index (χ3n) is 3.57. The van der Waals surface area contributed by atoms with Gasteiger partial charge in [0.25, 0.3) is 5.91 Å². The van der Waals surface area contributed by atoms with Crippen LogP contribution >= 0.6 is 23.2 Å². The van der Waals surface area contributed by atoms with Gasteiger partial charge in [0.1, 0.15) is 11.6 Å². The Morgan fingerprint density at radius 1 is 1.04 bits per heavy atom. The molecule has 0 fully saturated rings. The molecule has 0 aliphatic heterocycles. The number of anilines is 3. The highest BCUT2D eigenvalue weighted by molar-refractivity contribution is 6.35. The second-order valence-electron chi connectivity index (χ2n) is 5.33. The standard InChI is InChI=1S/C19H15Cl2N3O2/c1-26-17-5-3-2-4-15(17)23-18-10-12(8-9-22-18)19(25)24-16-11-13(20)6-7-14(16)21/h2-11H,1H3,(H,22,23)(H,24,25). The molecule has 1 heterocycles. The van der Waals surface area contributed by atoms with Crippen molar-refractivity contribution >= 4 is 46.3 Å². The number of amides is 1. The molecule has 7 heteroatoms. The van der Waals surface area contributed by atoms with E-state index in [9.17, 15) is 4.79 Å². The molecule has 0 unspecified atom stereocenters. The number of halogens is 2. The van der Waals surface area contributed by atoms with Gasteiger partial charge in [0.05, 0.1) is 23.5 Å². The van der Waals surface area contributed by atoms with E-state index in [1.54, 1.807) is 43.6 Å². The number of hydrogen-bond donors (Lipinski definition) is 2. The molecule has 2 aromatic carbocycles. The summed E-state index contributed by atoms with van der Waals surface area (Å²) in [5, 5.41) is 6.78. The molecule has 3 rings (SSSR count). The predicted octanol–water partition coefficient (Wildman–Crippen LogP) is 5.39. The molecule has 1 aromatic heterocycles. The molecule has 0 aliphatic carbocycles. The number of nitrogens with one attached hydrogen (secondary N) is 2. The lowest BCUT2D eigenvalue weighted by molar-refractivity contribution is 0.102. The zero-order chi connectivity index (χ0) is 18.5. The Morgan fingerprint density at radius 2 is 1.85 bits per heavy atom. The minimum atomic E-state index is -0.320. The number of methoxy groups -OCH3 is 1. The number of aromatic nitrogens is 1. The average molecular weight is 388 g/mol. The number of pyridine rings is 1. The van der Waals surface area contributed by atoms with Crippen LogP contribution in [0, 0.1) is 0 Å². The quantitative estimate of drug-likeness (QED) is 0.615. The first-order valence-electron chi connectivity index (χ1n) is 7.69. The summed E-state index contributed by atoms with van der Waals surface area (Å²) in [7, 11) is 1.59. The first-order valence-corrected chi connectivity index (χ1v) is 8.45. The van der Waals surface area contributed by atoms with Gasteiger partial charge in [-0.2, -0.15) is 0 Å². The Balaban J connectivity index is 1.80. The van der Waals surface area contributed by atoms with E-state index in [0.29, 0.717) is 32.9 Å². The minimum Gasteiger partial charge on any atom is -0.495 e. The monoisotopic (exact) mass is 387 g/mol. The zero-order valence-corrected chi connectivity index (χ0v) is 15.3. The molecule has 2 N–H and O–H groups in total. The first kappa shape index (κ1) is 18.0. The number of nitrogens with zero attached hydrogens (tertiary/aromatic N) is 1. The van der Waals surface area contributed by atoms with Gasteiger partial charge < -0.3 is 15.4 Å². The first-order chi connectivity index (χ1) is 12.6. The van der Waals surface area contributed by atoms with E-state index in [1.807, 2.05) is 24.3 Å². The Labute approximate surface area is 160 Å². The van der Waals surface area contributed by atoms with Crippen molar-refractivity contribution in [1.29, 1.82) is 0 Å². The average Bonchev–Trinajstić information content (AvgIpc) is 2.65. The van der Waals surface area contributed by atoms with Crippen LogP contribution in [0.3, 0.4) is 0 Å². The molecule has 0 saturated carbocycles. The molecule has 132 valence electrons. The number of hydrogen-bond acceptors (Lipinski definition) is 4. The van der Waals surface area contributed by atoms with Gasteiger partial charge in [-0.15, -0.1) is 0 Å². The third-order valence-corrected chi connectivity index (χ3v) is 4.13. The topological polar surface area (TPSA) is 63.2 Å². The fourth-order valence-electron chi connectivity index (χ4n) is 2.31. The summed E-state index contributed by atoms with van der Waals surface area (Å²) < 4.78 is 5.30. The van der Waals surface area contributed by atoms with E-state index < -0.39 is 0 Å². The van der Waals surface area contributed by atoms with Crippen molar-refractivity contribution < 1.29 is 9.53 Å². The van der Waals surface area contributed by atoms with E-state index in [0.717, 1.165) is 5.69 Å². The largest absolute Gasteiger partial charge is 0.495 e. The van der Waals surface area contributed by atoms with E-state index in [-0.39, 0.29) is 5.91 Å². The number of carbonyl (C=O) groups excluding carboxylic acids is 1. The highest BCUT2D eigenvalue weighted by atomic mass is 35.5. The molecule has 0 bridgehead atoms. The van der Waals surface area contributed by atoms with Crippen molar-refractivity contribution in [2.75, 3.05) is 17.7 Å². The molecule has 0 radical (unpaired) electrons. The summed E-state index contributed by atoms with van der Waals surface area (Å²) >= 11 is 12.0. The van der Waals surface area contributed by atoms with Crippen LogP contribution in [0.25, 0.3) is 0 Å². The van der Waals surface area contributed by atoms with Gasteiger partial charge in [0.15, 0.2) is 0 Å². The summed E-state index contributed by atoms with van der Waals surface area (Å²) in [5.74, 6) is 0.869. The van der Waals surface area contributed by atoms with Crippen LogP contribution in [0.5, 0.6) is 5.75 Å². The maximum absolute atomic E-state index is 12.5. The summed E-state index contributed by atoms with van der Waals surface area (Å²) in [4.78, 5) is 16.7. The fourth-order valence-corrected chi connectivity index (χ4v) is 2.65. The molecule has 0 atom stereocenters. The highest BCUT2D eigenvalue weighted by Crippen LogP contribution is 2.28. The molecule has 0 spiro atoms. The summed E-state index contributed by atoms with van der Waals surface area (Å²) in [5.41, 5.74) is 1.62. The molecule has 5 nitrogen and oxygen atoms in total. The maximum Gasteiger partial charge on any atom is 0.255 e. The minimum absolute atomic E-state index is 0.320. The molecule has 0 aliphatic rings. The molecule has 26 heavy (non-hydrogen) atoms. The Morgan fingerprint density at radius 3 is 2.65 bits per heavy atom. The van der Waals surface area contributed by atoms with Gasteiger partial charge in [-0.1, -0.05) is 35.3 Å². The number of carbonyl (C=O) groups is 1. The second kappa shape index (κ2) is 8.08. The van der Waals surface area contributed by atoms with Crippen LogP contribution in [0.4, 0.5) is 17.2 Å². The van der Waals surface area contributed by atoms with Gasteiger partial charge in [-0.3, -0.25) is 4.79 Å². The van der Waals surface area contributed by atoms with Crippen molar-refractivity contribution in [3.05, 3.63) is 76.4 Å². The van der Waals surface area contributed by atoms with Crippen molar-refractivity contribution in [3.8, 4) is 5.75 Å². The molecule has 1 amide bonds. The van der Waals surface area contributed by atoms with E-state index in [1.165, 1.54) is 0 Å². The van der Waals surface area contributed by atoms with Gasteiger partial charge in [-0.25, -0.2) is 4.98 Å². The third kappa shape index (κ3) is 4.25. The van der Waals surface area contributed by atoms with Gasteiger partial charge >= 0.3 is 0 Å². The maximum atomic E-state index is 12.5. The van der Waals surface area contributed by atoms with Crippen LogP contribution in [0.15, 0.2) is 60.8 Å². The predicted molar refractivity (Wildman–Crippen MR) is 105 cm³/mol. The van der Waals surface area contributed by atoms with Crippen LogP contribution in [-0.4, -0.2) is 18.0 Å².